The molecule has 0 rings (SSSR count). The maximum absolute atomic E-state index is 11.8. The van der Waals surface area contributed by atoms with Crippen molar-refractivity contribution in [3.63, 3.8) is 0 Å². The summed E-state index contributed by atoms with van der Waals surface area (Å²) in [7, 11) is 1.97. The van der Waals surface area contributed by atoms with E-state index in [0.717, 1.165) is 25.9 Å². The molecule has 1 amide bonds. The monoisotopic (exact) mass is 243 g/mol. The van der Waals surface area contributed by atoms with Crippen LogP contribution in [0.2, 0.25) is 0 Å². The molecule has 1 atom stereocenters. The van der Waals surface area contributed by atoms with Gasteiger partial charge in [0.25, 0.3) is 0 Å². The Morgan fingerprint density at radius 1 is 1.47 bits per heavy atom. The van der Waals surface area contributed by atoms with Gasteiger partial charge in [-0.1, -0.05) is 27.2 Å². The molecule has 4 heteroatoms. The summed E-state index contributed by atoms with van der Waals surface area (Å²) in [6, 6.07) is -0.0994. The number of nitrogens with one attached hydrogen (secondary N) is 1. The second kappa shape index (κ2) is 7.67. The Labute approximate surface area is 106 Å². The van der Waals surface area contributed by atoms with Crippen LogP contribution in [0.5, 0.6) is 0 Å². The van der Waals surface area contributed by atoms with Gasteiger partial charge in [-0.25, -0.2) is 0 Å². The summed E-state index contributed by atoms with van der Waals surface area (Å²) >= 11 is 0. The average Bonchev–Trinajstić information content (AvgIpc) is 2.27. The number of hydrogen-bond donors (Lipinski definition) is 2. The van der Waals surface area contributed by atoms with Gasteiger partial charge in [0, 0.05) is 13.1 Å². The molecule has 0 aliphatic heterocycles. The third kappa shape index (κ3) is 6.64. The van der Waals surface area contributed by atoms with E-state index in [1.54, 1.807) is 0 Å². The number of amides is 1. The second-order valence-electron chi connectivity index (χ2n) is 5.60. The maximum atomic E-state index is 11.8. The van der Waals surface area contributed by atoms with E-state index >= 15 is 0 Å². The molecule has 0 aromatic rings. The van der Waals surface area contributed by atoms with Crippen LogP contribution in [-0.4, -0.2) is 43.5 Å². The third-order valence-electron chi connectivity index (χ3n) is 3.10. The first-order valence-electron chi connectivity index (χ1n) is 6.52. The maximum Gasteiger partial charge on any atom is 0.237 e. The zero-order valence-corrected chi connectivity index (χ0v) is 12.0. The Bertz CT molecular complexity index is 229. The van der Waals surface area contributed by atoms with Crippen LogP contribution in [0.3, 0.4) is 0 Å². The van der Waals surface area contributed by atoms with E-state index in [-0.39, 0.29) is 17.4 Å². The first-order valence-corrected chi connectivity index (χ1v) is 6.52. The van der Waals surface area contributed by atoms with E-state index < -0.39 is 0 Å². The third-order valence-corrected chi connectivity index (χ3v) is 3.10. The van der Waals surface area contributed by atoms with Gasteiger partial charge in [-0.2, -0.15) is 0 Å². The Morgan fingerprint density at radius 3 is 2.53 bits per heavy atom. The lowest BCUT2D eigenvalue weighted by molar-refractivity contribution is -0.125. The molecule has 0 heterocycles. The second-order valence-corrected chi connectivity index (χ2v) is 5.60. The van der Waals surface area contributed by atoms with Gasteiger partial charge in [-0.05, 0) is 32.4 Å². The number of nitrogens with two attached hydrogens (primary N) is 1. The highest BCUT2D eigenvalue weighted by Gasteiger charge is 2.24. The van der Waals surface area contributed by atoms with Crippen molar-refractivity contribution in [1.29, 1.82) is 0 Å². The molecule has 0 bridgehead atoms. The molecule has 1 unspecified atom stereocenters. The van der Waals surface area contributed by atoms with Crippen LogP contribution in [0.25, 0.3) is 0 Å². The Kier molecular flexibility index (Phi) is 7.39. The molecule has 0 saturated carbocycles. The highest BCUT2D eigenvalue weighted by atomic mass is 16.2. The van der Waals surface area contributed by atoms with Gasteiger partial charge in [-0.15, -0.1) is 0 Å². The number of nitrogens with zero attached hydrogens (tertiary/aromatic N) is 1. The molecule has 4 nitrogen and oxygen atoms in total. The number of rotatable bonds is 8. The molecule has 0 radical (unpaired) electrons. The van der Waals surface area contributed by atoms with Crippen LogP contribution in [0, 0.1) is 5.41 Å². The SMILES string of the molecule is CCCCNC(=O)C(C)N(C)CC(C)(C)CN. The van der Waals surface area contributed by atoms with E-state index in [1.807, 2.05) is 14.0 Å². The molecule has 3 N–H and O–H groups in total. The summed E-state index contributed by atoms with van der Waals surface area (Å²) < 4.78 is 0. The Balaban J connectivity index is 4.11. The van der Waals surface area contributed by atoms with E-state index in [0.29, 0.717) is 6.54 Å². The highest BCUT2D eigenvalue weighted by molar-refractivity contribution is 5.81. The number of carbonyl (C=O) groups excluding carboxylic acids is 1. The zero-order chi connectivity index (χ0) is 13.5. The topological polar surface area (TPSA) is 58.4 Å². The summed E-state index contributed by atoms with van der Waals surface area (Å²) in [5.41, 5.74) is 5.75. The van der Waals surface area contributed by atoms with E-state index in [4.69, 9.17) is 5.73 Å². The Hall–Kier alpha value is -0.610. The first-order chi connectivity index (χ1) is 7.84. The standard InChI is InChI=1S/C13H29N3O/c1-6-7-8-15-12(17)11(2)16(5)10-13(3,4)9-14/h11H,6-10,14H2,1-5H3,(H,15,17). The predicted molar refractivity (Wildman–Crippen MR) is 72.8 cm³/mol. The minimum atomic E-state index is -0.0994. The minimum Gasteiger partial charge on any atom is -0.355 e. The molecular weight excluding hydrogens is 214 g/mol. The average molecular weight is 243 g/mol. The van der Waals surface area contributed by atoms with Crippen LogP contribution in [0.4, 0.5) is 0 Å². The van der Waals surface area contributed by atoms with Crippen LogP contribution >= 0.6 is 0 Å². The van der Waals surface area contributed by atoms with Crippen LogP contribution in [-0.2, 0) is 4.79 Å². The number of hydrogen-bond acceptors (Lipinski definition) is 3. The largest absolute Gasteiger partial charge is 0.355 e. The van der Waals surface area contributed by atoms with Crippen molar-refractivity contribution in [2.24, 2.45) is 11.1 Å². The number of unbranched alkanes of at least 4 members (excludes halogenated alkanes) is 1. The Morgan fingerprint density at radius 2 is 2.06 bits per heavy atom. The fourth-order valence-electron chi connectivity index (χ4n) is 1.61. The molecule has 0 aromatic heterocycles. The van der Waals surface area contributed by atoms with Crippen molar-refractivity contribution in [2.75, 3.05) is 26.7 Å². The van der Waals surface area contributed by atoms with E-state index in [9.17, 15) is 4.79 Å². The van der Waals surface area contributed by atoms with Crippen molar-refractivity contribution in [2.45, 2.75) is 46.6 Å². The molecular formula is C13H29N3O. The van der Waals surface area contributed by atoms with Gasteiger partial charge >= 0.3 is 0 Å². The molecule has 102 valence electrons. The van der Waals surface area contributed by atoms with Gasteiger partial charge < -0.3 is 11.1 Å². The van der Waals surface area contributed by atoms with Crippen molar-refractivity contribution in [1.82, 2.24) is 10.2 Å². The summed E-state index contributed by atoms with van der Waals surface area (Å²) in [6.07, 6.45) is 2.14. The summed E-state index contributed by atoms with van der Waals surface area (Å²) in [6.45, 7) is 10.5. The van der Waals surface area contributed by atoms with Crippen molar-refractivity contribution in [3.8, 4) is 0 Å². The number of carbonyl (C=O) groups is 1. The first kappa shape index (κ1) is 16.4. The van der Waals surface area contributed by atoms with Gasteiger partial charge in [-0.3, -0.25) is 9.69 Å². The van der Waals surface area contributed by atoms with Gasteiger partial charge in [0.15, 0.2) is 0 Å². The van der Waals surface area contributed by atoms with Crippen molar-refractivity contribution >= 4 is 5.91 Å². The zero-order valence-electron chi connectivity index (χ0n) is 12.0. The molecule has 0 aliphatic rings. The summed E-state index contributed by atoms with van der Waals surface area (Å²) in [5, 5.41) is 2.96. The lowest BCUT2D eigenvalue weighted by Crippen LogP contribution is -2.47. The summed E-state index contributed by atoms with van der Waals surface area (Å²) in [4.78, 5) is 13.9. The lowest BCUT2D eigenvalue weighted by Gasteiger charge is -2.32. The van der Waals surface area contributed by atoms with Crippen LogP contribution in [0.15, 0.2) is 0 Å². The molecule has 0 fully saturated rings. The van der Waals surface area contributed by atoms with Crippen molar-refractivity contribution < 1.29 is 4.79 Å². The van der Waals surface area contributed by atoms with E-state index in [2.05, 4.69) is 31.0 Å². The highest BCUT2D eigenvalue weighted by Crippen LogP contribution is 2.15. The van der Waals surface area contributed by atoms with Crippen LogP contribution in [0.1, 0.15) is 40.5 Å². The lowest BCUT2D eigenvalue weighted by atomic mass is 9.93. The fourth-order valence-corrected chi connectivity index (χ4v) is 1.61. The van der Waals surface area contributed by atoms with Gasteiger partial charge in [0.2, 0.25) is 5.91 Å². The van der Waals surface area contributed by atoms with E-state index in [1.165, 1.54) is 0 Å². The molecule has 0 aromatic carbocycles. The molecule has 17 heavy (non-hydrogen) atoms. The van der Waals surface area contributed by atoms with Crippen LogP contribution < -0.4 is 11.1 Å². The quantitative estimate of drug-likeness (QED) is 0.630. The van der Waals surface area contributed by atoms with Gasteiger partial charge in [0.05, 0.1) is 6.04 Å². The smallest absolute Gasteiger partial charge is 0.237 e. The predicted octanol–water partition coefficient (Wildman–Crippen LogP) is 1.21. The fraction of sp³-hybridized carbons (Fsp3) is 0.923. The number of likely N-dealkylation sites (N-methyl/N-ethyl adjacent to an activating group) is 1. The molecule has 0 aliphatic carbocycles. The summed E-state index contributed by atoms with van der Waals surface area (Å²) in [5.74, 6) is 0.105. The van der Waals surface area contributed by atoms with Crippen molar-refractivity contribution in [3.05, 3.63) is 0 Å². The normalized spacial score (nSPS) is 13.8. The van der Waals surface area contributed by atoms with Gasteiger partial charge in [0.1, 0.15) is 0 Å². The molecule has 0 spiro atoms. The molecule has 0 saturated heterocycles. The minimum absolute atomic E-state index is 0.0483.